The molecule has 2 N–H and O–H groups in total. The molecule has 0 aliphatic carbocycles. The molecule has 3 rings (SSSR count). The van der Waals surface area contributed by atoms with E-state index in [0.29, 0.717) is 16.4 Å². The van der Waals surface area contributed by atoms with Crippen molar-refractivity contribution in [3.05, 3.63) is 57.6 Å². The molecule has 0 spiro atoms. The zero-order valence-corrected chi connectivity index (χ0v) is 14.5. The molecule has 0 radical (unpaired) electrons. The van der Waals surface area contributed by atoms with Gasteiger partial charge >= 0.3 is 0 Å². The van der Waals surface area contributed by atoms with Crippen molar-refractivity contribution < 1.29 is 4.79 Å². The third-order valence-electron chi connectivity index (χ3n) is 3.47. The molecule has 7 heteroatoms. The maximum atomic E-state index is 12.2. The van der Waals surface area contributed by atoms with E-state index in [4.69, 9.17) is 11.6 Å². The quantitative estimate of drug-likeness (QED) is 0.742. The number of benzene rings is 1. The van der Waals surface area contributed by atoms with Gasteiger partial charge in [-0.15, -0.1) is 11.3 Å². The van der Waals surface area contributed by atoms with E-state index in [1.807, 2.05) is 24.4 Å². The summed E-state index contributed by atoms with van der Waals surface area (Å²) < 4.78 is 0. The van der Waals surface area contributed by atoms with E-state index in [0.717, 1.165) is 36.7 Å². The molecule has 1 aliphatic rings. The summed E-state index contributed by atoms with van der Waals surface area (Å²) in [5.41, 5.74) is 2.15. The smallest absolute Gasteiger partial charge is 0.275 e. The van der Waals surface area contributed by atoms with E-state index < -0.39 is 0 Å². The zero-order valence-electron chi connectivity index (χ0n) is 13.0. The minimum atomic E-state index is -0.245. The Morgan fingerprint density at radius 2 is 2.21 bits per heavy atom. The largest absolute Gasteiger partial charge is 0.319 e. The van der Waals surface area contributed by atoms with Gasteiger partial charge in [-0.3, -0.25) is 9.79 Å². The number of hydrogen-bond acceptors (Lipinski definition) is 5. The molecule has 0 bridgehead atoms. The first-order valence-electron chi connectivity index (χ1n) is 7.64. The second-order valence-electron chi connectivity index (χ2n) is 5.27. The third-order valence-corrected chi connectivity index (χ3v) is 4.71. The van der Waals surface area contributed by atoms with E-state index in [1.54, 1.807) is 17.5 Å². The molecule has 5 nitrogen and oxygen atoms in total. The molecule has 0 saturated carbocycles. The lowest BCUT2D eigenvalue weighted by atomic mass is 10.3. The van der Waals surface area contributed by atoms with Gasteiger partial charge in [0.15, 0.2) is 0 Å². The summed E-state index contributed by atoms with van der Waals surface area (Å²) >= 11 is 7.53. The number of anilines is 1. The highest BCUT2D eigenvalue weighted by Gasteiger charge is 2.12. The fourth-order valence-electron chi connectivity index (χ4n) is 2.22. The fourth-order valence-corrected chi connectivity index (χ4v) is 3.19. The van der Waals surface area contributed by atoms with Crippen LogP contribution in [0, 0.1) is 0 Å². The van der Waals surface area contributed by atoms with Crippen LogP contribution in [0.4, 0.5) is 5.69 Å². The van der Waals surface area contributed by atoms with Crippen LogP contribution in [0.5, 0.6) is 0 Å². The predicted molar refractivity (Wildman–Crippen MR) is 99.3 cm³/mol. The topological polar surface area (TPSA) is 66.4 Å². The van der Waals surface area contributed by atoms with Crippen LogP contribution in [0.2, 0.25) is 5.02 Å². The van der Waals surface area contributed by atoms with Gasteiger partial charge in [-0.1, -0.05) is 29.8 Å². The van der Waals surface area contributed by atoms with E-state index in [1.165, 1.54) is 11.3 Å². The first kappa shape index (κ1) is 16.8. The van der Waals surface area contributed by atoms with Crippen molar-refractivity contribution >= 4 is 40.2 Å². The molecule has 0 fully saturated rings. The SMILES string of the molecule is O=C(Nc1ccccc1Cl)c1csc(CCNCC2=NC=CC2)n1. The number of allylic oxidation sites excluding steroid dienone is 1. The maximum absolute atomic E-state index is 12.2. The van der Waals surface area contributed by atoms with Crippen molar-refractivity contribution in [2.45, 2.75) is 12.8 Å². The number of aliphatic imine (C=N–C) groups is 1. The highest BCUT2D eigenvalue weighted by atomic mass is 35.5. The van der Waals surface area contributed by atoms with Crippen LogP contribution in [-0.4, -0.2) is 29.7 Å². The number of nitrogens with zero attached hydrogens (tertiary/aromatic N) is 2. The van der Waals surface area contributed by atoms with E-state index in [-0.39, 0.29) is 5.91 Å². The number of carbonyl (C=O) groups excluding carboxylic acids is 1. The number of hydrogen-bond donors (Lipinski definition) is 2. The third kappa shape index (κ3) is 4.50. The number of thiazole rings is 1. The molecule has 0 unspecified atom stereocenters. The summed E-state index contributed by atoms with van der Waals surface area (Å²) in [7, 11) is 0. The van der Waals surface area contributed by atoms with Gasteiger partial charge < -0.3 is 10.6 Å². The molecule has 24 heavy (non-hydrogen) atoms. The Morgan fingerprint density at radius 1 is 1.33 bits per heavy atom. The van der Waals surface area contributed by atoms with E-state index >= 15 is 0 Å². The summed E-state index contributed by atoms with van der Waals surface area (Å²) in [5, 5.41) is 9.33. The maximum Gasteiger partial charge on any atom is 0.275 e. The Balaban J connectivity index is 1.47. The molecule has 0 saturated heterocycles. The number of aromatic nitrogens is 1. The molecule has 0 atom stereocenters. The lowest BCUT2D eigenvalue weighted by Crippen LogP contribution is -2.24. The lowest BCUT2D eigenvalue weighted by molar-refractivity contribution is 0.102. The fraction of sp³-hybridized carbons (Fsp3) is 0.235. The molecular weight excluding hydrogens is 344 g/mol. The Kier molecular flexibility index (Phi) is 5.74. The van der Waals surface area contributed by atoms with Crippen molar-refractivity contribution in [1.82, 2.24) is 10.3 Å². The molecule has 2 heterocycles. The van der Waals surface area contributed by atoms with Crippen LogP contribution < -0.4 is 10.6 Å². The van der Waals surface area contributed by atoms with Crippen LogP contribution in [0.15, 0.2) is 46.9 Å². The summed E-state index contributed by atoms with van der Waals surface area (Å²) in [6, 6.07) is 7.14. The van der Waals surface area contributed by atoms with Gasteiger partial charge in [-0.05, 0) is 12.1 Å². The Hall–Kier alpha value is -2.02. The van der Waals surface area contributed by atoms with Gasteiger partial charge in [-0.25, -0.2) is 4.98 Å². The second-order valence-corrected chi connectivity index (χ2v) is 6.62. The monoisotopic (exact) mass is 360 g/mol. The lowest BCUT2D eigenvalue weighted by Gasteiger charge is -2.05. The summed E-state index contributed by atoms with van der Waals surface area (Å²) in [5.74, 6) is -0.245. The molecular formula is C17H17ClN4OS. The van der Waals surface area contributed by atoms with Gasteiger partial charge in [-0.2, -0.15) is 0 Å². The average Bonchev–Trinajstić information content (AvgIpc) is 3.25. The first-order valence-corrected chi connectivity index (χ1v) is 8.89. The van der Waals surface area contributed by atoms with Crippen molar-refractivity contribution in [2.24, 2.45) is 4.99 Å². The zero-order chi connectivity index (χ0) is 16.8. The van der Waals surface area contributed by atoms with Crippen molar-refractivity contribution in [3.63, 3.8) is 0 Å². The second kappa shape index (κ2) is 8.19. The van der Waals surface area contributed by atoms with Crippen LogP contribution >= 0.6 is 22.9 Å². The normalized spacial score (nSPS) is 13.1. The summed E-state index contributed by atoms with van der Waals surface area (Å²) in [6.07, 6.45) is 5.59. The Labute approximate surface area is 149 Å². The van der Waals surface area contributed by atoms with Gasteiger partial charge in [0.2, 0.25) is 0 Å². The Morgan fingerprint density at radius 3 is 3.00 bits per heavy atom. The molecule has 2 aromatic rings. The van der Waals surface area contributed by atoms with E-state index in [2.05, 4.69) is 20.6 Å². The minimum absolute atomic E-state index is 0.245. The van der Waals surface area contributed by atoms with Crippen LogP contribution in [0.1, 0.15) is 21.9 Å². The summed E-state index contributed by atoms with van der Waals surface area (Å²) in [4.78, 5) is 20.9. The molecule has 124 valence electrons. The van der Waals surface area contributed by atoms with Crippen LogP contribution in [0.25, 0.3) is 0 Å². The molecule has 1 amide bonds. The molecule has 1 aromatic carbocycles. The van der Waals surface area contributed by atoms with E-state index in [9.17, 15) is 4.79 Å². The van der Waals surface area contributed by atoms with Gasteiger partial charge in [0.25, 0.3) is 5.91 Å². The number of carbonyl (C=O) groups is 1. The number of nitrogens with one attached hydrogen (secondary N) is 2. The first-order chi connectivity index (χ1) is 11.7. The predicted octanol–water partition coefficient (Wildman–Crippen LogP) is 3.54. The van der Waals surface area contributed by atoms with Gasteiger partial charge in [0, 0.05) is 43.2 Å². The molecule has 1 aliphatic heterocycles. The standard InChI is InChI=1S/C17H17ClN4OS/c18-13-5-1-2-6-14(13)22-17(23)15-11-24-16(21-15)7-9-19-10-12-4-3-8-20-12/h1-3,5-6,8,11,19H,4,7,9-10H2,(H,22,23). The highest BCUT2D eigenvalue weighted by molar-refractivity contribution is 7.09. The van der Waals surface area contributed by atoms with Crippen LogP contribution in [0.3, 0.4) is 0 Å². The van der Waals surface area contributed by atoms with Crippen LogP contribution in [-0.2, 0) is 6.42 Å². The number of para-hydroxylation sites is 1. The van der Waals surface area contributed by atoms with Gasteiger partial charge in [0.1, 0.15) is 5.69 Å². The van der Waals surface area contributed by atoms with Gasteiger partial charge in [0.05, 0.1) is 15.7 Å². The number of amides is 1. The van der Waals surface area contributed by atoms with Crippen molar-refractivity contribution in [1.29, 1.82) is 0 Å². The highest BCUT2D eigenvalue weighted by Crippen LogP contribution is 2.21. The average molecular weight is 361 g/mol. The molecule has 1 aromatic heterocycles. The number of rotatable bonds is 7. The number of halogens is 1. The Bertz CT molecular complexity index is 784. The van der Waals surface area contributed by atoms with Crippen molar-refractivity contribution in [3.8, 4) is 0 Å². The summed E-state index contributed by atoms with van der Waals surface area (Å²) in [6.45, 7) is 1.59. The minimum Gasteiger partial charge on any atom is -0.319 e. The van der Waals surface area contributed by atoms with Crippen molar-refractivity contribution in [2.75, 3.05) is 18.4 Å².